The highest BCUT2D eigenvalue weighted by Crippen LogP contribution is 2.28. The van der Waals surface area contributed by atoms with Gasteiger partial charge in [0.1, 0.15) is 5.69 Å². The van der Waals surface area contributed by atoms with Crippen molar-refractivity contribution in [2.24, 2.45) is 5.92 Å². The first kappa shape index (κ1) is 19.2. The predicted molar refractivity (Wildman–Crippen MR) is 106 cm³/mol. The first-order chi connectivity index (χ1) is 13.0. The molecule has 7 heteroatoms. The quantitative estimate of drug-likeness (QED) is 0.594. The number of rotatable bonds is 5. The largest absolute Gasteiger partial charge is 0.375 e. The standard InChI is InChI=1S/C20H22ClN3O3/c1-14-5-4-10-23(13-14)20(25)15-8-9-18(19(11-15)24(26)27)22-12-16-6-2-3-7-17(16)21/h2-3,6-9,11,14,22H,4-5,10,12-13H2,1H3. The molecular formula is C20H22ClN3O3. The average molecular weight is 388 g/mol. The van der Waals surface area contributed by atoms with Crippen LogP contribution in [0.2, 0.25) is 5.02 Å². The summed E-state index contributed by atoms with van der Waals surface area (Å²) in [6.45, 7) is 3.86. The highest BCUT2D eigenvalue weighted by molar-refractivity contribution is 6.31. The maximum Gasteiger partial charge on any atom is 0.293 e. The highest BCUT2D eigenvalue weighted by Gasteiger charge is 2.24. The van der Waals surface area contributed by atoms with E-state index in [9.17, 15) is 14.9 Å². The number of hydrogen-bond acceptors (Lipinski definition) is 4. The van der Waals surface area contributed by atoms with E-state index >= 15 is 0 Å². The van der Waals surface area contributed by atoms with Gasteiger partial charge in [-0.25, -0.2) is 0 Å². The normalized spacial score (nSPS) is 16.8. The molecule has 0 radical (unpaired) electrons. The lowest BCUT2D eigenvalue weighted by molar-refractivity contribution is -0.384. The SMILES string of the molecule is CC1CCCN(C(=O)c2ccc(NCc3ccccc3Cl)c([N+](=O)[O-])c2)C1. The molecule has 6 nitrogen and oxygen atoms in total. The minimum atomic E-state index is -0.468. The van der Waals surface area contributed by atoms with Gasteiger partial charge in [-0.15, -0.1) is 0 Å². The molecule has 0 saturated carbocycles. The zero-order valence-corrected chi connectivity index (χ0v) is 15.9. The number of nitro groups is 1. The van der Waals surface area contributed by atoms with Crippen LogP contribution in [0.25, 0.3) is 0 Å². The zero-order valence-electron chi connectivity index (χ0n) is 15.2. The maximum absolute atomic E-state index is 12.7. The van der Waals surface area contributed by atoms with Crippen LogP contribution in [-0.4, -0.2) is 28.8 Å². The van der Waals surface area contributed by atoms with Crippen LogP contribution >= 0.6 is 11.6 Å². The molecule has 27 heavy (non-hydrogen) atoms. The molecule has 0 spiro atoms. The van der Waals surface area contributed by atoms with E-state index in [0.29, 0.717) is 41.8 Å². The number of nitrogens with one attached hydrogen (secondary N) is 1. The summed E-state index contributed by atoms with van der Waals surface area (Å²) < 4.78 is 0. The maximum atomic E-state index is 12.7. The fraction of sp³-hybridized carbons (Fsp3) is 0.350. The van der Waals surface area contributed by atoms with Crippen molar-refractivity contribution in [1.82, 2.24) is 4.90 Å². The van der Waals surface area contributed by atoms with E-state index in [0.717, 1.165) is 18.4 Å². The van der Waals surface area contributed by atoms with Crippen LogP contribution in [0.1, 0.15) is 35.7 Å². The average Bonchev–Trinajstić information content (AvgIpc) is 2.66. The number of halogens is 1. The van der Waals surface area contributed by atoms with Gasteiger partial charge in [0, 0.05) is 36.3 Å². The van der Waals surface area contributed by atoms with Gasteiger partial charge in [0.25, 0.3) is 11.6 Å². The molecule has 1 unspecified atom stereocenters. The van der Waals surface area contributed by atoms with Gasteiger partial charge in [0.05, 0.1) is 4.92 Å². The number of likely N-dealkylation sites (tertiary alicyclic amines) is 1. The van der Waals surface area contributed by atoms with Crippen molar-refractivity contribution in [1.29, 1.82) is 0 Å². The van der Waals surface area contributed by atoms with E-state index in [2.05, 4.69) is 12.2 Å². The number of amides is 1. The van der Waals surface area contributed by atoms with Crippen molar-refractivity contribution in [2.45, 2.75) is 26.3 Å². The fourth-order valence-electron chi connectivity index (χ4n) is 3.35. The van der Waals surface area contributed by atoms with Gasteiger partial charge in [0.15, 0.2) is 0 Å². The van der Waals surface area contributed by atoms with Crippen molar-refractivity contribution in [3.63, 3.8) is 0 Å². The van der Waals surface area contributed by atoms with E-state index < -0.39 is 4.92 Å². The van der Waals surface area contributed by atoms with Gasteiger partial charge in [-0.1, -0.05) is 36.7 Å². The molecule has 0 bridgehead atoms. The highest BCUT2D eigenvalue weighted by atomic mass is 35.5. The van der Waals surface area contributed by atoms with Crippen molar-refractivity contribution >= 4 is 28.9 Å². The van der Waals surface area contributed by atoms with E-state index in [1.54, 1.807) is 23.1 Å². The summed E-state index contributed by atoms with van der Waals surface area (Å²) in [6, 6.07) is 11.9. The summed E-state index contributed by atoms with van der Waals surface area (Å²) in [5, 5.41) is 15.2. The Morgan fingerprint density at radius 1 is 1.33 bits per heavy atom. The van der Waals surface area contributed by atoms with Gasteiger partial charge in [0.2, 0.25) is 0 Å². The van der Waals surface area contributed by atoms with Gasteiger partial charge in [-0.05, 0) is 42.5 Å². The third kappa shape index (κ3) is 4.57. The molecule has 2 aromatic carbocycles. The zero-order chi connectivity index (χ0) is 19.4. The van der Waals surface area contributed by atoms with Gasteiger partial charge in [-0.2, -0.15) is 0 Å². The first-order valence-corrected chi connectivity index (χ1v) is 9.38. The van der Waals surface area contributed by atoms with Crippen LogP contribution in [0.3, 0.4) is 0 Å². The third-order valence-electron chi connectivity index (χ3n) is 4.81. The molecule has 1 N–H and O–H groups in total. The molecule has 1 heterocycles. The Bertz CT molecular complexity index is 856. The van der Waals surface area contributed by atoms with Crippen molar-refractivity contribution in [3.8, 4) is 0 Å². The minimum absolute atomic E-state index is 0.113. The summed E-state index contributed by atoms with van der Waals surface area (Å²) in [4.78, 5) is 25.6. The lowest BCUT2D eigenvalue weighted by atomic mass is 9.99. The number of benzene rings is 2. The summed E-state index contributed by atoms with van der Waals surface area (Å²) >= 11 is 6.13. The Kier molecular flexibility index (Phi) is 5.96. The lowest BCUT2D eigenvalue weighted by Crippen LogP contribution is -2.39. The van der Waals surface area contributed by atoms with Crippen LogP contribution < -0.4 is 5.32 Å². The number of nitrogens with zero attached hydrogens (tertiary/aromatic N) is 2. The van der Waals surface area contributed by atoms with Gasteiger partial charge in [-0.3, -0.25) is 14.9 Å². The number of carbonyl (C=O) groups is 1. The van der Waals surface area contributed by atoms with Gasteiger partial charge < -0.3 is 10.2 Å². The molecule has 3 rings (SSSR count). The second-order valence-corrected chi connectivity index (χ2v) is 7.34. The number of hydrogen-bond donors (Lipinski definition) is 1. The molecule has 1 aliphatic rings. The number of anilines is 1. The second-order valence-electron chi connectivity index (χ2n) is 6.93. The number of carbonyl (C=O) groups excluding carboxylic acids is 1. The Morgan fingerprint density at radius 2 is 2.11 bits per heavy atom. The number of nitro benzene ring substituents is 1. The molecule has 1 saturated heterocycles. The van der Waals surface area contributed by atoms with Gasteiger partial charge >= 0.3 is 0 Å². The Labute approximate surface area is 163 Å². The number of piperidine rings is 1. The molecular weight excluding hydrogens is 366 g/mol. The predicted octanol–water partition coefficient (Wildman–Crippen LogP) is 4.73. The summed E-state index contributed by atoms with van der Waals surface area (Å²) in [7, 11) is 0. The summed E-state index contributed by atoms with van der Waals surface area (Å²) in [5.74, 6) is 0.302. The topological polar surface area (TPSA) is 75.5 Å². The molecule has 1 amide bonds. The Balaban J connectivity index is 1.79. The van der Waals surface area contributed by atoms with Crippen molar-refractivity contribution in [3.05, 3.63) is 68.7 Å². The van der Waals surface area contributed by atoms with Crippen LogP contribution in [-0.2, 0) is 6.54 Å². The molecule has 1 atom stereocenters. The monoisotopic (exact) mass is 387 g/mol. The molecule has 1 fully saturated rings. The molecule has 0 aromatic heterocycles. The van der Waals surface area contributed by atoms with Crippen LogP contribution in [0, 0.1) is 16.0 Å². The van der Waals surface area contributed by atoms with E-state index in [1.807, 2.05) is 18.2 Å². The lowest BCUT2D eigenvalue weighted by Gasteiger charge is -2.31. The Hall–Kier alpha value is -2.60. The van der Waals surface area contributed by atoms with Crippen molar-refractivity contribution in [2.75, 3.05) is 18.4 Å². The molecule has 2 aromatic rings. The smallest absolute Gasteiger partial charge is 0.293 e. The fourth-order valence-corrected chi connectivity index (χ4v) is 3.56. The second kappa shape index (κ2) is 8.39. The molecule has 142 valence electrons. The van der Waals surface area contributed by atoms with E-state index in [1.165, 1.54) is 6.07 Å². The molecule has 1 aliphatic heterocycles. The first-order valence-electron chi connectivity index (χ1n) is 9.00. The van der Waals surface area contributed by atoms with E-state index in [-0.39, 0.29) is 11.6 Å². The summed E-state index contributed by atoms with van der Waals surface area (Å²) in [6.07, 6.45) is 2.07. The van der Waals surface area contributed by atoms with Crippen LogP contribution in [0.15, 0.2) is 42.5 Å². The Morgan fingerprint density at radius 3 is 2.81 bits per heavy atom. The van der Waals surface area contributed by atoms with Crippen LogP contribution in [0.4, 0.5) is 11.4 Å². The molecule has 0 aliphatic carbocycles. The minimum Gasteiger partial charge on any atom is -0.375 e. The third-order valence-corrected chi connectivity index (χ3v) is 5.18. The van der Waals surface area contributed by atoms with E-state index in [4.69, 9.17) is 11.6 Å². The summed E-state index contributed by atoms with van der Waals surface area (Å²) in [5.41, 5.74) is 1.44. The van der Waals surface area contributed by atoms with Crippen molar-refractivity contribution < 1.29 is 9.72 Å². The van der Waals surface area contributed by atoms with Crippen LogP contribution in [0.5, 0.6) is 0 Å².